The first-order valence-electron chi connectivity index (χ1n) is 6.28. The first-order chi connectivity index (χ1) is 8.09. The Morgan fingerprint density at radius 3 is 2.71 bits per heavy atom. The number of H-pyrrole nitrogens is 1. The SMILES string of the molecule is CC1(C)[C@H](N)[C@H]1CCc1nc2ccccc2[nH]1. The third-order valence-corrected chi connectivity index (χ3v) is 4.27. The molecule has 1 heterocycles. The van der Waals surface area contributed by atoms with E-state index in [1.807, 2.05) is 18.2 Å². The fourth-order valence-electron chi connectivity index (χ4n) is 2.75. The van der Waals surface area contributed by atoms with Crippen molar-refractivity contribution in [1.29, 1.82) is 0 Å². The number of rotatable bonds is 3. The van der Waals surface area contributed by atoms with Crippen LogP contribution >= 0.6 is 0 Å². The largest absolute Gasteiger partial charge is 0.342 e. The van der Waals surface area contributed by atoms with Gasteiger partial charge in [0, 0.05) is 12.5 Å². The fourth-order valence-corrected chi connectivity index (χ4v) is 2.75. The van der Waals surface area contributed by atoms with Crippen LogP contribution in [0.25, 0.3) is 11.0 Å². The number of para-hydroxylation sites is 2. The Hall–Kier alpha value is -1.35. The van der Waals surface area contributed by atoms with Gasteiger partial charge in [-0.1, -0.05) is 26.0 Å². The van der Waals surface area contributed by atoms with Crippen LogP contribution in [0.15, 0.2) is 24.3 Å². The zero-order valence-corrected chi connectivity index (χ0v) is 10.4. The van der Waals surface area contributed by atoms with Gasteiger partial charge in [0.25, 0.3) is 0 Å². The van der Waals surface area contributed by atoms with Gasteiger partial charge in [-0.3, -0.25) is 0 Å². The highest BCUT2D eigenvalue weighted by Gasteiger charge is 2.54. The van der Waals surface area contributed by atoms with Crippen molar-refractivity contribution in [1.82, 2.24) is 9.97 Å². The highest BCUT2D eigenvalue weighted by molar-refractivity contribution is 5.74. The second kappa shape index (κ2) is 3.57. The summed E-state index contributed by atoms with van der Waals surface area (Å²) in [5, 5.41) is 0. The highest BCUT2D eigenvalue weighted by Crippen LogP contribution is 2.52. The van der Waals surface area contributed by atoms with Crippen molar-refractivity contribution in [2.75, 3.05) is 0 Å². The van der Waals surface area contributed by atoms with Gasteiger partial charge in [0.1, 0.15) is 5.82 Å². The number of nitrogens with one attached hydrogen (secondary N) is 1. The number of imidazole rings is 1. The Morgan fingerprint density at radius 1 is 1.35 bits per heavy atom. The lowest BCUT2D eigenvalue weighted by Crippen LogP contribution is -2.06. The minimum Gasteiger partial charge on any atom is -0.342 e. The second-order valence-electron chi connectivity index (χ2n) is 5.69. The molecular weight excluding hydrogens is 210 g/mol. The van der Waals surface area contributed by atoms with Crippen LogP contribution in [0.4, 0.5) is 0 Å². The monoisotopic (exact) mass is 229 g/mol. The molecular formula is C14H19N3. The molecule has 3 nitrogen and oxygen atoms in total. The van der Waals surface area contributed by atoms with Crippen molar-refractivity contribution in [3.8, 4) is 0 Å². The Bertz CT molecular complexity index is 508. The standard InChI is InChI=1S/C14H19N3/c1-14(2)9(13(14)15)7-8-12-16-10-5-3-4-6-11(10)17-12/h3-6,9,13H,7-8,15H2,1-2H3,(H,16,17)/t9-,13-/m1/s1. The number of fused-ring (bicyclic) bond motifs is 1. The van der Waals surface area contributed by atoms with Crippen LogP contribution in [0.2, 0.25) is 0 Å². The van der Waals surface area contributed by atoms with Crippen molar-refractivity contribution in [3.05, 3.63) is 30.1 Å². The van der Waals surface area contributed by atoms with Crippen molar-refractivity contribution in [3.63, 3.8) is 0 Å². The Balaban J connectivity index is 1.70. The zero-order valence-electron chi connectivity index (χ0n) is 10.4. The molecule has 2 atom stereocenters. The quantitative estimate of drug-likeness (QED) is 0.849. The van der Waals surface area contributed by atoms with Gasteiger partial charge in [-0.2, -0.15) is 0 Å². The summed E-state index contributed by atoms with van der Waals surface area (Å²) in [6.45, 7) is 4.50. The molecule has 1 saturated carbocycles. The number of aromatic amines is 1. The summed E-state index contributed by atoms with van der Waals surface area (Å²) in [5.74, 6) is 1.73. The van der Waals surface area contributed by atoms with Gasteiger partial charge in [0.2, 0.25) is 0 Å². The summed E-state index contributed by atoms with van der Waals surface area (Å²) in [7, 11) is 0. The second-order valence-corrected chi connectivity index (χ2v) is 5.69. The van der Waals surface area contributed by atoms with Gasteiger partial charge < -0.3 is 10.7 Å². The summed E-state index contributed by atoms with van der Waals surface area (Å²) < 4.78 is 0. The van der Waals surface area contributed by atoms with E-state index in [-0.39, 0.29) is 0 Å². The van der Waals surface area contributed by atoms with E-state index >= 15 is 0 Å². The van der Waals surface area contributed by atoms with Crippen LogP contribution in [-0.4, -0.2) is 16.0 Å². The van der Waals surface area contributed by atoms with Crippen molar-refractivity contribution < 1.29 is 0 Å². The van der Waals surface area contributed by atoms with E-state index in [1.54, 1.807) is 0 Å². The summed E-state index contributed by atoms with van der Waals surface area (Å²) in [4.78, 5) is 7.96. The number of hydrogen-bond acceptors (Lipinski definition) is 2. The van der Waals surface area contributed by atoms with Crippen LogP contribution in [-0.2, 0) is 6.42 Å². The van der Waals surface area contributed by atoms with E-state index in [2.05, 4.69) is 29.9 Å². The average Bonchev–Trinajstić information content (AvgIpc) is 2.65. The van der Waals surface area contributed by atoms with E-state index in [1.165, 1.54) is 0 Å². The minimum absolute atomic E-state index is 0.325. The van der Waals surface area contributed by atoms with E-state index in [0.29, 0.717) is 17.4 Å². The lowest BCUT2D eigenvalue weighted by Gasteiger charge is -2.00. The van der Waals surface area contributed by atoms with E-state index < -0.39 is 0 Å². The normalized spacial score (nSPS) is 26.3. The molecule has 1 aromatic carbocycles. The molecule has 0 bridgehead atoms. The predicted molar refractivity (Wildman–Crippen MR) is 69.7 cm³/mol. The molecule has 1 fully saturated rings. The van der Waals surface area contributed by atoms with Gasteiger partial charge in [-0.05, 0) is 29.9 Å². The van der Waals surface area contributed by atoms with Crippen molar-refractivity contribution in [2.24, 2.45) is 17.1 Å². The van der Waals surface area contributed by atoms with Crippen LogP contribution in [0.1, 0.15) is 26.1 Å². The van der Waals surface area contributed by atoms with Crippen LogP contribution in [0.3, 0.4) is 0 Å². The number of nitrogens with zero attached hydrogens (tertiary/aromatic N) is 1. The molecule has 0 radical (unpaired) electrons. The maximum absolute atomic E-state index is 6.05. The molecule has 3 heteroatoms. The smallest absolute Gasteiger partial charge is 0.107 e. The van der Waals surface area contributed by atoms with Crippen molar-refractivity contribution >= 4 is 11.0 Å². The minimum atomic E-state index is 0.325. The molecule has 3 N–H and O–H groups in total. The number of hydrogen-bond donors (Lipinski definition) is 2. The number of aromatic nitrogens is 2. The Labute approximate surface area is 101 Å². The summed E-state index contributed by atoms with van der Waals surface area (Å²) in [6, 6.07) is 8.53. The maximum Gasteiger partial charge on any atom is 0.107 e. The maximum atomic E-state index is 6.05. The van der Waals surface area contributed by atoms with Crippen LogP contribution in [0, 0.1) is 11.3 Å². The van der Waals surface area contributed by atoms with Gasteiger partial charge >= 0.3 is 0 Å². The average molecular weight is 229 g/mol. The molecule has 1 aromatic heterocycles. The van der Waals surface area contributed by atoms with Gasteiger partial charge in [0.15, 0.2) is 0 Å². The molecule has 0 spiro atoms. The first-order valence-corrected chi connectivity index (χ1v) is 6.28. The van der Waals surface area contributed by atoms with Crippen molar-refractivity contribution in [2.45, 2.75) is 32.7 Å². The third kappa shape index (κ3) is 1.75. The molecule has 17 heavy (non-hydrogen) atoms. The third-order valence-electron chi connectivity index (χ3n) is 4.27. The zero-order chi connectivity index (χ0) is 12.0. The number of benzene rings is 1. The number of aryl methyl sites for hydroxylation is 1. The highest BCUT2D eigenvalue weighted by atomic mass is 14.9. The summed E-state index contributed by atoms with van der Waals surface area (Å²) in [6.07, 6.45) is 2.13. The van der Waals surface area contributed by atoms with E-state index in [0.717, 1.165) is 29.7 Å². The number of nitrogens with two attached hydrogens (primary N) is 1. The molecule has 90 valence electrons. The molecule has 1 aliphatic rings. The Kier molecular flexibility index (Phi) is 2.26. The van der Waals surface area contributed by atoms with E-state index in [4.69, 9.17) is 5.73 Å². The Morgan fingerprint density at radius 2 is 2.06 bits per heavy atom. The molecule has 0 amide bonds. The lowest BCUT2D eigenvalue weighted by atomic mass is 10.1. The van der Waals surface area contributed by atoms with E-state index in [9.17, 15) is 0 Å². The van der Waals surface area contributed by atoms with Gasteiger partial charge in [-0.15, -0.1) is 0 Å². The van der Waals surface area contributed by atoms with Crippen LogP contribution < -0.4 is 5.73 Å². The molecule has 2 aromatic rings. The molecule has 1 aliphatic carbocycles. The van der Waals surface area contributed by atoms with Gasteiger partial charge in [-0.25, -0.2) is 4.98 Å². The first kappa shape index (κ1) is 10.8. The predicted octanol–water partition coefficient (Wildman–Crippen LogP) is 2.48. The molecule has 0 saturated heterocycles. The topological polar surface area (TPSA) is 54.7 Å². The molecule has 0 unspecified atom stereocenters. The summed E-state index contributed by atoms with van der Waals surface area (Å²) >= 11 is 0. The van der Waals surface area contributed by atoms with Crippen LogP contribution in [0.5, 0.6) is 0 Å². The van der Waals surface area contributed by atoms with Gasteiger partial charge in [0.05, 0.1) is 11.0 Å². The fraction of sp³-hybridized carbons (Fsp3) is 0.500. The molecule has 0 aliphatic heterocycles. The lowest BCUT2D eigenvalue weighted by molar-refractivity contribution is 0.526. The molecule has 3 rings (SSSR count). The summed E-state index contributed by atoms with van der Waals surface area (Å²) in [5.41, 5.74) is 8.56.